The molecule has 4 rings (SSSR count). The van der Waals surface area contributed by atoms with Crippen LogP contribution in [0.1, 0.15) is 15.9 Å². The van der Waals surface area contributed by atoms with E-state index in [-0.39, 0.29) is 11.9 Å². The van der Waals surface area contributed by atoms with Crippen molar-refractivity contribution in [3.63, 3.8) is 0 Å². The molecule has 0 unspecified atom stereocenters. The van der Waals surface area contributed by atoms with Gasteiger partial charge in [-0.05, 0) is 36.8 Å². The molecule has 3 amide bonds. The average molecular weight is 381 g/mol. The van der Waals surface area contributed by atoms with E-state index < -0.39 is 0 Å². The molecule has 2 aliphatic heterocycles. The van der Waals surface area contributed by atoms with E-state index in [1.165, 1.54) is 0 Å². The fourth-order valence-corrected chi connectivity index (χ4v) is 3.87. The molecule has 2 saturated heterocycles. The van der Waals surface area contributed by atoms with Crippen molar-refractivity contribution >= 4 is 17.6 Å². The quantitative estimate of drug-likeness (QED) is 0.859. The largest absolute Gasteiger partial charge is 0.353 e. The van der Waals surface area contributed by atoms with Crippen molar-refractivity contribution in [2.75, 3.05) is 50.7 Å². The summed E-state index contributed by atoms with van der Waals surface area (Å²) in [7, 11) is 0. The summed E-state index contributed by atoms with van der Waals surface area (Å²) in [5.41, 5.74) is 2.48. The molecule has 3 heterocycles. The van der Waals surface area contributed by atoms with Crippen LogP contribution in [0.25, 0.3) is 0 Å². The Labute approximate surface area is 165 Å². The van der Waals surface area contributed by atoms with Gasteiger partial charge in [-0.3, -0.25) is 14.6 Å². The number of amides is 3. The first-order chi connectivity index (χ1) is 13.6. The third-order valence-corrected chi connectivity index (χ3v) is 5.60. The van der Waals surface area contributed by atoms with Gasteiger partial charge in [0.25, 0.3) is 5.91 Å². The molecule has 7 heteroatoms. The van der Waals surface area contributed by atoms with Gasteiger partial charge in [-0.15, -0.1) is 0 Å². The zero-order chi connectivity index (χ0) is 19.5. The maximum absolute atomic E-state index is 13.0. The van der Waals surface area contributed by atoms with Crippen molar-refractivity contribution in [2.45, 2.75) is 13.5 Å². The molecule has 1 aromatic heterocycles. The van der Waals surface area contributed by atoms with Crippen molar-refractivity contribution in [3.8, 4) is 0 Å². The van der Waals surface area contributed by atoms with E-state index in [1.54, 1.807) is 4.90 Å². The average Bonchev–Trinajstić information content (AvgIpc) is 3.38. The first kappa shape index (κ1) is 18.6. The minimum Gasteiger partial charge on any atom is -0.353 e. The Morgan fingerprint density at radius 2 is 1.79 bits per heavy atom. The van der Waals surface area contributed by atoms with Gasteiger partial charge in [0, 0.05) is 76.0 Å². The number of aromatic nitrogens is 1. The molecule has 0 saturated carbocycles. The number of benzene rings is 1. The molecule has 2 aromatic rings. The lowest BCUT2D eigenvalue weighted by molar-refractivity contribution is 0.0633. The van der Waals surface area contributed by atoms with Crippen molar-refractivity contribution in [1.29, 1.82) is 0 Å². The first-order valence-electron chi connectivity index (χ1n) is 9.90. The van der Waals surface area contributed by atoms with E-state index >= 15 is 0 Å². The monoisotopic (exact) mass is 381 g/mol. The van der Waals surface area contributed by atoms with Gasteiger partial charge in [0.2, 0.25) is 0 Å². The Hall–Kier alpha value is -2.80. The van der Waals surface area contributed by atoms with Crippen LogP contribution in [0.3, 0.4) is 0 Å². The molecule has 0 aliphatic carbocycles. The summed E-state index contributed by atoms with van der Waals surface area (Å²) < 4.78 is 2.18. The van der Waals surface area contributed by atoms with Gasteiger partial charge in [-0.2, -0.15) is 0 Å². The molecular weight excluding hydrogens is 354 g/mol. The summed E-state index contributed by atoms with van der Waals surface area (Å²) in [6.07, 6.45) is 4.16. The van der Waals surface area contributed by atoms with Gasteiger partial charge in [0.05, 0.1) is 0 Å². The van der Waals surface area contributed by atoms with Gasteiger partial charge in [-0.1, -0.05) is 6.07 Å². The van der Waals surface area contributed by atoms with Crippen LogP contribution in [0.4, 0.5) is 10.5 Å². The molecule has 0 spiro atoms. The first-order valence-corrected chi connectivity index (χ1v) is 9.90. The van der Waals surface area contributed by atoms with E-state index in [0.29, 0.717) is 18.7 Å². The summed E-state index contributed by atoms with van der Waals surface area (Å²) in [4.78, 5) is 31.0. The molecule has 28 heavy (non-hydrogen) atoms. The van der Waals surface area contributed by atoms with Gasteiger partial charge < -0.3 is 14.8 Å². The third kappa shape index (κ3) is 3.89. The summed E-state index contributed by atoms with van der Waals surface area (Å²) >= 11 is 0. The number of urea groups is 1. The fraction of sp³-hybridized carbons (Fsp3) is 0.429. The highest BCUT2D eigenvalue weighted by molar-refractivity contribution is 5.99. The Morgan fingerprint density at radius 3 is 2.46 bits per heavy atom. The highest BCUT2D eigenvalue weighted by Crippen LogP contribution is 2.24. The summed E-state index contributed by atoms with van der Waals surface area (Å²) in [6, 6.07) is 9.65. The number of piperazine rings is 1. The number of carbonyl (C=O) groups excluding carboxylic acids is 2. The second-order valence-electron chi connectivity index (χ2n) is 7.44. The van der Waals surface area contributed by atoms with Crippen LogP contribution in [-0.2, 0) is 6.54 Å². The summed E-state index contributed by atoms with van der Waals surface area (Å²) in [5, 5.41) is 2.82. The molecule has 2 fully saturated rings. The standard InChI is InChI=1S/C21H27N5O2/c1-17-4-5-18(16-19(17)26-9-6-22-21(26)28)20(27)25-14-12-24(13-15-25)11-10-23-7-2-3-8-23/h2-5,7-8,16H,6,9-15H2,1H3,(H,22,28). The lowest BCUT2D eigenvalue weighted by Crippen LogP contribution is -2.49. The number of nitrogens with zero attached hydrogens (tertiary/aromatic N) is 4. The number of nitrogens with one attached hydrogen (secondary N) is 1. The summed E-state index contributed by atoms with van der Waals surface area (Å²) in [5.74, 6) is 0.0471. The Bertz CT molecular complexity index is 840. The Kier molecular flexibility index (Phi) is 5.34. The van der Waals surface area contributed by atoms with Gasteiger partial charge in [0.15, 0.2) is 0 Å². The molecule has 0 atom stereocenters. The van der Waals surface area contributed by atoms with Crippen LogP contribution in [-0.4, -0.2) is 72.1 Å². The van der Waals surface area contributed by atoms with Crippen LogP contribution < -0.4 is 10.2 Å². The molecule has 1 aromatic carbocycles. The third-order valence-electron chi connectivity index (χ3n) is 5.60. The fourth-order valence-electron chi connectivity index (χ4n) is 3.87. The second kappa shape index (κ2) is 8.06. The van der Waals surface area contributed by atoms with Crippen molar-refractivity contribution < 1.29 is 9.59 Å². The molecule has 7 nitrogen and oxygen atoms in total. The Balaban J connectivity index is 1.36. The van der Waals surface area contributed by atoms with Crippen LogP contribution in [0.5, 0.6) is 0 Å². The predicted octanol–water partition coefficient (Wildman–Crippen LogP) is 1.78. The molecule has 1 N–H and O–H groups in total. The lowest BCUT2D eigenvalue weighted by atomic mass is 10.1. The molecule has 148 valence electrons. The number of rotatable bonds is 5. The maximum Gasteiger partial charge on any atom is 0.322 e. The zero-order valence-electron chi connectivity index (χ0n) is 16.3. The highest BCUT2D eigenvalue weighted by Gasteiger charge is 2.26. The topological polar surface area (TPSA) is 60.8 Å². The van der Waals surface area contributed by atoms with Crippen molar-refractivity contribution in [3.05, 3.63) is 53.9 Å². The Morgan fingerprint density at radius 1 is 1.04 bits per heavy atom. The van der Waals surface area contributed by atoms with E-state index in [0.717, 1.165) is 50.5 Å². The van der Waals surface area contributed by atoms with Crippen LogP contribution >= 0.6 is 0 Å². The molecule has 0 radical (unpaired) electrons. The van der Waals surface area contributed by atoms with Crippen LogP contribution in [0.15, 0.2) is 42.7 Å². The zero-order valence-corrected chi connectivity index (χ0v) is 16.3. The lowest BCUT2D eigenvalue weighted by Gasteiger charge is -2.35. The minimum absolute atomic E-state index is 0.0471. The number of anilines is 1. The minimum atomic E-state index is -0.0935. The SMILES string of the molecule is Cc1ccc(C(=O)N2CCN(CCn3cccc3)CC2)cc1N1CCNC1=O. The normalized spacial score (nSPS) is 17.8. The summed E-state index contributed by atoms with van der Waals surface area (Å²) in [6.45, 7) is 8.46. The van der Waals surface area contributed by atoms with E-state index in [4.69, 9.17) is 0 Å². The second-order valence-corrected chi connectivity index (χ2v) is 7.44. The van der Waals surface area contributed by atoms with Gasteiger partial charge in [-0.25, -0.2) is 4.79 Å². The van der Waals surface area contributed by atoms with Crippen LogP contribution in [0.2, 0.25) is 0 Å². The van der Waals surface area contributed by atoms with E-state index in [2.05, 4.69) is 27.2 Å². The van der Waals surface area contributed by atoms with Crippen molar-refractivity contribution in [2.24, 2.45) is 0 Å². The number of aryl methyl sites for hydroxylation is 1. The van der Waals surface area contributed by atoms with Crippen LogP contribution in [0, 0.1) is 6.92 Å². The number of carbonyl (C=O) groups is 2. The van der Waals surface area contributed by atoms with Crippen molar-refractivity contribution in [1.82, 2.24) is 19.7 Å². The number of hydrogen-bond acceptors (Lipinski definition) is 3. The molecule has 0 bridgehead atoms. The highest BCUT2D eigenvalue weighted by atomic mass is 16.2. The predicted molar refractivity (Wildman–Crippen MR) is 109 cm³/mol. The smallest absolute Gasteiger partial charge is 0.322 e. The number of hydrogen-bond donors (Lipinski definition) is 1. The van der Waals surface area contributed by atoms with E-state index in [9.17, 15) is 9.59 Å². The maximum atomic E-state index is 13.0. The molecular formula is C21H27N5O2. The van der Waals surface area contributed by atoms with Gasteiger partial charge >= 0.3 is 6.03 Å². The van der Waals surface area contributed by atoms with Gasteiger partial charge in [0.1, 0.15) is 0 Å². The molecule has 2 aliphatic rings. The van der Waals surface area contributed by atoms with E-state index in [1.807, 2.05) is 42.2 Å².